The van der Waals surface area contributed by atoms with Gasteiger partial charge in [0.05, 0.1) is 24.8 Å². The number of hydrogen-bond donors (Lipinski definition) is 1. The first-order valence-electron chi connectivity index (χ1n) is 11.5. The molecule has 5 rings (SSSR count). The molecule has 2 aromatic rings. The van der Waals surface area contributed by atoms with E-state index in [1.807, 2.05) is 23.6 Å². The highest BCUT2D eigenvalue weighted by Crippen LogP contribution is 2.44. The first-order valence-corrected chi connectivity index (χ1v) is 12.4. The van der Waals surface area contributed by atoms with Gasteiger partial charge in [-0.3, -0.25) is 9.59 Å². The summed E-state index contributed by atoms with van der Waals surface area (Å²) in [5.41, 5.74) is 1.58. The summed E-state index contributed by atoms with van der Waals surface area (Å²) in [7, 11) is 0. The van der Waals surface area contributed by atoms with Gasteiger partial charge >= 0.3 is 6.09 Å². The van der Waals surface area contributed by atoms with Crippen LogP contribution in [0.3, 0.4) is 0 Å². The lowest BCUT2D eigenvalue weighted by Crippen LogP contribution is -2.48. The average molecular weight is 483 g/mol. The summed E-state index contributed by atoms with van der Waals surface area (Å²) >= 11 is 1.44. The van der Waals surface area contributed by atoms with Crippen LogP contribution < -0.4 is 4.74 Å². The second kappa shape index (κ2) is 9.13. The number of likely N-dealkylation sites (tertiary alicyclic amines) is 2. The fourth-order valence-corrected chi connectivity index (χ4v) is 5.82. The van der Waals surface area contributed by atoms with Crippen molar-refractivity contribution in [2.45, 2.75) is 38.3 Å². The smallest absolute Gasteiger partial charge is 0.409 e. The first kappa shape index (κ1) is 22.5. The number of amides is 2. The summed E-state index contributed by atoms with van der Waals surface area (Å²) in [6.45, 7) is 3.53. The molecular weight excluding hydrogens is 456 g/mol. The summed E-state index contributed by atoms with van der Waals surface area (Å²) in [5, 5.41) is 13.2. The normalized spacial score (nSPS) is 22.1. The highest BCUT2D eigenvalue weighted by Gasteiger charge is 2.49. The molecule has 0 aliphatic carbocycles. The van der Waals surface area contributed by atoms with E-state index in [2.05, 4.69) is 0 Å². The number of hydrogen-bond acceptors (Lipinski definition) is 7. The first-order chi connectivity index (χ1) is 16.5. The molecule has 4 heterocycles. The van der Waals surface area contributed by atoms with Gasteiger partial charge in [0.2, 0.25) is 0 Å². The quantitative estimate of drug-likeness (QED) is 0.405. The number of aliphatic hydroxyl groups excluding tert-OH is 1. The van der Waals surface area contributed by atoms with Crippen LogP contribution in [0.5, 0.6) is 5.75 Å². The van der Waals surface area contributed by atoms with E-state index >= 15 is 0 Å². The van der Waals surface area contributed by atoms with E-state index in [4.69, 9.17) is 9.47 Å². The van der Waals surface area contributed by atoms with Gasteiger partial charge in [0.15, 0.2) is 0 Å². The number of ketones is 1. The highest BCUT2D eigenvalue weighted by atomic mass is 32.1. The number of nitrogens with zero attached hydrogens (tertiary/aromatic N) is 2. The number of carbonyl (C=O) groups excluding carboxylic acids is 3. The van der Waals surface area contributed by atoms with Crippen molar-refractivity contribution in [2.75, 3.05) is 26.3 Å². The van der Waals surface area contributed by atoms with Crippen molar-refractivity contribution in [3.8, 4) is 5.75 Å². The average Bonchev–Trinajstić information content (AvgIpc) is 3.59. The number of benzene rings is 1. The molecule has 1 unspecified atom stereocenters. The highest BCUT2D eigenvalue weighted by molar-refractivity contribution is 7.10. The van der Waals surface area contributed by atoms with Crippen LogP contribution in [0.2, 0.25) is 0 Å². The number of ether oxygens (including phenoxy) is 2. The van der Waals surface area contributed by atoms with E-state index in [0.717, 1.165) is 22.6 Å². The van der Waals surface area contributed by atoms with Crippen LogP contribution in [0, 0.1) is 0 Å². The molecule has 0 bridgehead atoms. The summed E-state index contributed by atoms with van der Waals surface area (Å²) in [6, 6.07) is 8.20. The largest absolute Gasteiger partial charge is 0.507 e. The van der Waals surface area contributed by atoms with E-state index in [1.165, 1.54) is 11.3 Å². The predicted molar refractivity (Wildman–Crippen MR) is 126 cm³/mol. The number of aliphatic hydroxyl groups is 1. The SMILES string of the molecule is CCOC(=O)N1CCC(N2C(=O)C(=O)/C(=C(\O)c3ccc4c(c3)CCO4)C2c2cccs2)CC1. The second-order valence-corrected chi connectivity index (χ2v) is 9.54. The van der Waals surface area contributed by atoms with Crippen LogP contribution in [0.1, 0.15) is 41.8 Å². The maximum atomic E-state index is 13.3. The molecule has 178 valence electrons. The minimum atomic E-state index is -0.680. The van der Waals surface area contributed by atoms with E-state index in [1.54, 1.807) is 28.9 Å². The van der Waals surface area contributed by atoms with Crippen molar-refractivity contribution in [1.29, 1.82) is 0 Å². The van der Waals surface area contributed by atoms with Crippen LogP contribution in [0.4, 0.5) is 4.79 Å². The summed E-state index contributed by atoms with van der Waals surface area (Å²) in [4.78, 5) is 42.7. The van der Waals surface area contributed by atoms with E-state index in [0.29, 0.717) is 44.7 Å². The van der Waals surface area contributed by atoms with Crippen molar-refractivity contribution >= 4 is 34.9 Å². The molecule has 3 aliphatic rings. The number of Topliss-reactive ketones (excluding diaryl/α,β-unsaturated/α-hetero) is 1. The molecule has 8 nitrogen and oxygen atoms in total. The van der Waals surface area contributed by atoms with E-state index in [-0.39, 0.29) is 23.5 Å². The minimum absolute atomic E-state index is 0.110. The van der Waals surface area contributed by atoms with Crippen molar-refractivity contribution in [3.05, 3.63) is 57.3 Å². The van der Waals surface area contributed by atoms with Crippen molar-refractivity contribution in [3.63, 3.8) is 0 Å². The van der Waals surface area contributed by atoms with Crippen LogP contribution in [0.25, 0.3) is 5.76 Å². The van der Waals surface area contributed by atoms with E-state index < -0.39 is 17.7 Å². The molecule has 2 amide bonds. The summed E-state index contributed by atoms with van der Waals surface area (Å²) in [5.74, 6) is -0.683. The molecule has 1 atom stereocenters. The molecule has 0 radical (unpaired) electrons. The zero-order valence-electron chi connectivity index (χ0n) is 18.9. The Morgan fingerprint density at radius 2 is 2.03 bits per heavy atom. The number of carbonyl (C=O) groups is 3. The third kappa shape index (κ3) is 3.83. The minimum Gasteiger partial charge on any atom is -0.507 e. The molecular formula is C25H26N2O6S. The van der Waals surface area contributed by atoms with Crippen LogP contribution in [-0.4, -0.2) is 65.0 Å². The Bertz CT molecular complexity index is 1150. The number of piperidine rings is 1. The number of thiophene rings is 1. The molecule has 0 spiro atoms. The molecule has 2 fully saturated rings. The molecule has 2 saturated heterocycles. The number of rotatable bonds is 4. The molecule has 1 aromatic heterocycles. The van der Waals surface area contributed by atoms with Crippen molar-refractivity contribution < 1.29 is 29.0 Å². The van der Waals surface area contributed by atoms with Crippen LogP contribution >= 0.6 is 11.3 Å². The van der Waals surface area contributed by atoms with Gasteiger partial charge in [0.25, 0.3) is 11.7 Å². The van der Waals surface area contributed by atoms with E-state index in [9.17, 15) is 19.5 Å². The number of fused-ring (bicyclic) bond motifs is 1. The maximum absolute atomic E-state index is 13.3. The summed E-state index contributed by atoms with van der Waals surface area (Å²) in [6.07, 6.45) is 1.44. The monoisotopic (exact) mass is 482 g/mol. The van der Waals surface area contributed by atoms with Gasteiger partial charge in [-0.1, -0.05) is 6.07 Å². The third-order valence-corrected chi connectivity index (χ3v) is 7.56. The molecule has 34 heavy (non-hydrogen) atoms. The van der Waals surface area contributed by atoms with Gasteiger partial charge in [0, 0.05) is 36.0 Å². The Labute approximate surface area is 201 Å². The van der Waals surface area contributed by atoms with Crippen molar-refractivity contribution in [1.82, 2.24) is 9.80 Å². The Balaban J connectivity index is 1.49. The molecule has 1 aromatic carbocycles. The lowest BCUT2D eigenvalue weighted by molar-refractivity contribution is -0.142. The standard InChI is InChI=1S/C25H26N2O6S/c1-2-32-25(31)26-10-7-17(8-11-26)27-21(19-4-3-13-34-19)20(23(29)24(27)30)22(28)16-5-6-18-15(14-16)9-12-33-18/h3-6,13-14,17,21,28H,2,7-12H2,1H3/b22-20-. The predicted octanol–water partition coefficient (Wildman–Crippen LogP) is 3.73. The zero-order valence-corrected chi connectivity index (χ0v) is 19.7. The third-order valence-electron chi connectivity index (χ3n) is 6.64. The Hall–Kier alpha value is -3.33. The zero-order chi connectivity index (χ0) is 23.8. The molecule has 3 aliphatic heterocycles. The lowest BCUT2D eigenvalue weighted by atomic mass is 9.97. The van der Waals surface area contributed by atoms with Gasteiger partial charge in [-0.05, 0) is 55.0 Å². The topological polar surface area (TPSA) is 96.4 Å². The van der Waals surface area contributed by atoms with Crippen LogP contribution in [-0.2, 0) is 20.7 Å². The Morgan fingerprint density at radius 3 is 2.74 bits per heavy atom. The van der Waals surface area contributed by atoms with Gasteiger partial charge in [-0.25, -0.2) is 4.79 Å². The van der Waals surface area contributed by atoms with Crippen molar-refractivity contribution in [2.24, 2.45) is 0 Å². The fourth-order valence-electron chi connectivity index (χ4n) is 4.98. The maximum Gasteiger partial charge on any atom is 0.409 e. The summed E-state index contributed by atoms with van der Waals surface area (Å²) < 4.78 is 10.6. The van der Waals surface area contributed by atoms with Crippen LogP contribution in [0.15, 0.2) is 41.3 Å². The van der Waals surface area contributed by atoms with Gasteiger partial charge < -0.3 is 24.4 Å². The van der Waals surface area contributed by atoms with Gasteiger partial charge in [-0.2, -0.15) is 0 Å². The molecule has 9 heteroatoms. The fraction of sp³-hybridized carbons (Fsp3) is 0.400. The van der Waals surface area contributed by atoms with Gasteiger partial charge in [-0.15, -0.1) is 11.3 Å². The molecule has 0 saturated carbocycles. The van der Waals surface area contributed by atoms with Gasteiger partial charge in [0.1, 0.15) is 11.5 Å². The molecule has 1 N–H and O–H groups in total. The Morgan fingerprint density at radius 1 is 1.24 bits per heavy atom. The lowest BCUT2D eigenvalue weighted by Gasteiger charge is -2.38. The Kier molecular flexibility index (Phi) is 6.03. The second-order valence-electron chi connectivity index (χ2n) is 8.56.